The van der Waals surface area contributed by atoms with Crippen LogP contribution in [0.2, 0.25) is 0 Å². The normalized spacial score (nSPS) is 11.3. The van der Waals surface area contributed by atoms with E-state index in [1.165, 1.54) is 12.1 Å². The molecule has 0 saturated carbocycles. The van der Waals surface area contributed by atoms with Crippen molar-refractivity contribution in [2.24, 2.45) is 0 Å². The molecule has 1 amide bonds. The van der Waals surface area contributed by atoms with Crippen LogP contribution in [-0.2, 0) is 12.7 Å². The summed E-state index contributed by atoms with van der Waals surface area (Å²) in [5, 5.41) is 2.31. The Bertz CT molecular complexity index is 679. The molecule has 0 unspecified atom stereocenters. The Morgan fingerprint density at radius 1 is 1.00 bits per heavy atom. The van der Waals surface area contributed by atoms with Crippen LogP contribution in [0.1, 0.15) is 21.5 Å². The largest absolute Gasteiger partial charge is 0.416 e. The molecule has 0 aliphatic carbocycles. The first-order valence-corrected chi connectivity index (χ1v) is 6.17. The molecule has 0 radical (unpaired) electrons. The maximum absolute atomic E-state index is 13.4. The highest BCUT2D eigenvalue weighted by atomic mass is 19.4. The van der Waals surface area contributed by atoms with E-state index in [9.17, 15) is 26.7 Å². The minimum absolute atomic E-state index is 0.104. The Balaban J connectivity index is 2.04. The van der Waals surface area contributed by atoms with Gasteiger partial charge in [-0.1, -0.05) is 12.1 Å². The van der Waals surface area contributed by atoms with Gasteiger partial charge in [-0.25, -0.2) is 8.78 Å². The lowest BCUT2D eigenvalue weighted by Crippen LogP contribution is -2.24. The first kappa shape index (κ1) is 15.9. The van der Waals surface area contributed by atoms with Crippen LogP contribution in [0.3, 0.4) is 0 Å². The number of rotatable bonds is 3. The number of halogens is 5. The van der Waals surface area contributed by atoms with E-state index in [4.69, 9.17) is 0 Å². The van der Waals surface area contributed by atoms with Crippen molar-refractivity contribution in [2.45, 2.75) is 12.7 Å². The van der Waals surface area contributed by atoms with Crippen LogP contribution >= 0.6 is 0 Å². The number of hydrogen-bond donors (Lipinski definition) is 1. The van der Waals surface area contributed by atoms with Crippen LogP contribution in [0, 0.1) is 11.6 Å². The third-order valence-electron chi connectivity index (χ3n) is 2.91. The molecule has 7 heteroatoms. The molecule has 116 valence electrons. The summed E-state index contributed by atoms with van der Waals surface area (Å²) in [5.41, 5.74) is -0.871. The second-order valence-corrected chi connectivity index (χ2v) is 4.50. The fraction of sp³-hybridized carbons (Fsp3) is 0.133. The second-order valence-electron chi connectivity index (χ2n) is 4.50. The van der Waals surface area contributed by atoms with Crippen molar-refractivity contribution < 1.29 is 26.7 Å². The van der Waals surface area contributed by atoms with Gasteiger partial charge in [0.1, 0.15) is 11.6 Å². The summed E-state index contributed by atoms with van der Waals surface area (Å²) in [7, 11) is 0. The molecule has 2 nitrogen and oxygen atoms in total. The molecule has 0 bridgehead atoms. The number of nitrogens with one attached hydrogen (secondary N) is 1. The number of benzene rings is 2. The van der Waals surface area contributed by atoms with E-state index in [2.05, 4.69) is 5.32 Å². The lowest BCUT2D eigenvalue weighted by atomic mass is 10.1. The fourth-order valence-electron chi connectivity index (χ4n) is 1.76. The maximum atomic E-state index is 13.4. The van der Waals surface area contributed by atoms with Gasteiger partial charge >= 0.3 is 6.18 Å². The van der Waals surface area contributed by atoms with E-state index < -0.39 is 34.8 Å². The molecule has 0 saturated heterocycles. The van der Waals surface area contributed by atoms with Crippen LogP contribution in [0.25, 0.3) is 0 Å². The molecule has 2 aromatic rings. The van der Waals surface area contributed by atoms with Crippen molar-refractivity contribution in [1.29, 1.82) is 0 Å². The smallest absolute Gasteiger partial charge is 0.348 e. The number of carbonyl (C=O) groups excluding carboxylic acids is 1. The molecule has 22 heavy (non-hydrogen) atoms. The lowest BCUT2D eigenvalue weighted by molar-refractivity contribution is -0.137. The van der Waals surface area contributed by atoms with Gasteiger partial charge in [-0.05, 0) is 35.9 Å². The van der Waals surface area contributed by atoms with Crippen LogP contribution in [0.5, 0.6) is 0 Å². The molecular formula is C15H10F5NO. The van der Waals surface area contributed by atoms with Crippen LogP contribution in [-0.4, -0.2) is 5.91 Å². The number of amides is 1. The minimum Gasteiger partial charge on any atom is -0.348 e. The van der Waals surface area contributed by atoms with Gasteiger partial charge in [0.05, 0.1) is 11.1 Å². The Morgan fingerprint density at radius 2 is 1.64 bits per heavy atom. The minimum atomic E-state index is -4.44. The van der Waals surface area contributed by atoms with Gasteiger partial charge in [-0.15, -0.1) is 0 Å². The summed E-state index contributed by atoms with van der Waals surface area (Å²) in [5.74, 6) is -2.50. The predicted molar refractivity (Wildman–Crippen MR) is 69.0 cm³/mol. The molecule has 2 aromatic carbocycles. The first-order valence-electron chi connectivity index (χ1n) is 6.17. The number of carbonyl (C=O) groups is 1. The van der Waals surface area contributed by atoms with Crippen LogP contribution in [0.4, 0.5) is 22.0 Å². The van der Waals surface area contributed by atoms with Crippen molar-refractivity contribution in [2.75, 3.05) is 0 Å². The molecule has 0 aromatic heterocycles. The van der Waals surface area contributed by atoms with E-state index in [1.54, 1.807) is 0 Å². The number of hydrogen-bond acceptors (Lipinski definition) is 1. The van der Waals surface area contributed by atoms with Gasteiger partial charge in [0.25, 0.3) is 5.91 Å². The average molecular weight is 315 g/mol. The number of alkyl halides is 3. The van der Waals surface area contributed by atoms with E-state index in [-0.39, 0.29) is 6.54 Å². The van der Waals surface area contributed by atoms with Gasteiger partial charge in [0, 0.05) is 6.54 Å². The van der Waals surface area contributed by atoms with Crippen molar-refractivity contribution in [1.82, 2.24) is 5.32 Å². The highest BCUT2D eigenvalue weighted by Gasteiger charge is 2.29. The Kier molecular flexibility index (Phi) is 4.44. The predicted octanol–water partition coefficient (Wildman–Crippen LogP) is 3.91. The van der Waals surface area contributed by atoms with E-state index >= 15 is 0 Å². The van der Waals surface area contributed by atoms with Crippen molar-refractivity contribution in [3.63, 3.8) is 0 Å². The average Bonchev–Trinajstić information content (AvgIpc) is 2.47. The molecule has 0 aliphatic heterocycles. The topological polar surface area (TPSA) is 29.1 Å². The summed E-state index contributed by atoms with van der Waals surface area (Å²) in [6, 6.07) is 6.60. The molecule has 0 spiro atoms. The SMILES string of the molecule is O=C(NCc1ccc(C(F)(F)F)cc1)c1cc(F)ccc1F. The highest BCUT2D eigenvalue weighted by Crippen LogP contribution is 2.29. The van der Waals surface area contributed by atoms with Crippen molar-refractivity contribution in [3.8, 4) is 0 Å². The van der Waals surface area contributed by atoms with E-state index in [1.807, 2.05) is 0 Å². The second kappa shape index (κ2) is 6.13. The zero-order valence-electron chi connectivity index (χ0n) is 11.0. The third-order valence-corrected chi connectivity index (χ3v) is 2.91. The summed E-state index contributed by atoms with van der Waals surface area (Å²) in [4.78, 5) is 11.7. The summed E-state index contributed by atoms with van der Waals surface area (Å²) in [6.45, 7) is -0.104. The zero-order chi connectivity index (χ0) is 16.3. The summed E-state index contributed by atoms with van der Waals surface area (Å²) < 4.78 is 63.5. The van der Waals surface area contributed by atoms with E-state index in [0.29, 0.717) is 5.56 Å². The third kappa shape index (κ3) is 3.81. The van der Waals surface area contributed by atoms with E-state index in [0.717, 1.165) is 30.3 Å². The molecule has 2 rings (SSSR count). The summed E-state index contributed by atoms with van der Waals surface area (Å²) >= 11 is 0. The van der Waals surface area contributed by atoms with Gasteiger partial charge in [-0.2, -0.15) is 13.2 Å². The highest BCUT2D eigenvalue weighted by molar-refractivity contribution is 5.94. The first-order chi connectivity index (χ1) is 10.3. The monoisotopic (exact) mass is 315 g/mol. The molecule has 0 aliphatic rings. The Morgan fingerprint density at radius 3 is 2.23 bits per heavy atom. The fourth-order valence-corrected chi connectivity index (χ4v) is 1.76. The van der Waals surface area contributed by atoms with Gasteiger partial charge in [0.2, 0.25) is 0 Å². The van der Waals surface area contributed by atoms with Crippen LogP contribution in [0.15, 0.2) is 42.5 Å². The standard InChI is InChI=1S/C15H10F5NO/c16-11-5-6-13(17)12(7-11)14(22)21-8-9-1-3-10(4-2-9)15(18,19)20/h1-7H,8H2,(H,21,22). The van der Waals surface area contributed by atoms with Gasteiger partial charge in [0.15, 0.2) is 0 Å². The van der Waals surface area contributed by atoms with Gasteiger partial charge in [-0.3, -0.25) is 4.79 Å². The zero-order valence-corrected chi connectivity index (χ0v) is 11.0. The van der Waals surface area contributed by atoms with Crippen molar-refractivity contribution >= 4 is 5.91 Å². The Labute approximate surface area is 122 Å². The maximum Gasteiger partial charge on any atom is 0.416 e. The summed E-state index contributed by atoms with van der Waals surface area (Å²) in [6.07, 6.45) is -4.44. The molecule has 0 fully saturated rings. The molecule has 0 heterocycles. The van der Waals surface area contributed by atoms with Crippen LogP contribution < -0.4 is 5.32 Å². The van der Waals surface area contributed by atoms with Gasteiger partial charge < -0.3 is 5.32 Å². The molecule has 1 N–H and O–H groups in total. The quantitative estimate of drug-likeness (QED) is 0.855. The molecule has 0 atom stereocenters. The molecular weight excluding hydrogens is 305 g/mol. The Hall–Kier alpha value is -2.44. The van der Waals surface area contributed by atoms with Crippen molar-refractivity contribution in [3.05, 3.63) is 70.8 Å². The lowest BCUT2D eigenvalue weighted by Gasteiger charge is -2.09.